The number of nitrogens with zero attached hydrogens (tertiary/aromatic N) is 4. The van der Waals surface area contributed by atoms with Crippen molar-refractivity contribution in [3.05, 3.63) is 304 Å². The molecule has 21 nitrogen and oxygen atoms in total. The fourth-order valence-corrected chi connectivity index (χ4v) is 17.8. The number of halogens is 2. The van der Waals surface area contributed by atoms with Crippen LogP contribution in [0.25, 0.3) is 106 Å². The first-order valence-electron chi connectivity index (χ1n) is 41.5. The zero-order valence-electron chi connectivity index (χ0n) is 71.9. The molecule has 24 heteroatoms. The van der Waals surface area contributed by atoms with E-state index in [4.69, 9.17) is 42.7 Å². The number of hydrogen-bond donors (Lipinski definition) is 6. The number of anilines is 3. The van der Waals surface area contributed by atoms with Crippen molar-refractivity contribution in [1.29, 1.82) is 0.594 Å². The van der Waals surface area contributed by atoms with Crippen molar-refractivity contribution in [1.82, 2.24) is 9.15 Å². The van der Waals surface area contributed by atoms with E-state index in [1.807, 2.05) is 137 Å². The van der Waals surface area contributed by atoms with Crippen molar-refractivity contribution in [3.63, 3.8) is 0 Å². The zero-order valence-corrected chi connectivity index (χ0v) is 73.9. The number of rotatable bonds is 8. The van der Waals surface area contributed by atoms with Crippen molar-refractivity contribution in [2.24, 2.45) is 0 Å². The second-order valence-corrected chi connectivity index (χ2v) is 34.8. The molecule has 0 bridgehead atoms. The van der Waals surface area contributed by atoms with Crippen LogP contribution in [-0.2, 0) is 35.8 Å². The van der Waals surface area contributed by atoms with Gasteiger partial charge in [0.15, 0.2) is 10.8 Å². The number of carboxylic acid groups (broad SMARTS) is 3. The van der Waals surface area contributed by atoms with Gasteiger partial charge in [-0.3, -0.25) is 10.2 Å². The Labute approximate surface area is 732 Å². The summed E-state index contributed by atoms with van der Waals surface area (Å²) in [7, 11) is 4.01. The Kier molecular flexibility index (Phi) is 24.5. The van der Waals surface area contributed by atoms with Crippen LogP contribution in [0.1, 0.15) is 112 Å². The van der Waals surface area contributed by atoms with Crippen molar-refractivity contribution < 1.29 is 74.0 Å². The molecule has 8 heterocycles. The molecule has 9 aromatic rings. The van der Waals surface area contributed by atoms with Gasteiger partial charge in [0.2, 0.25) is 10.7 Å². The predicted octanol–water partition coefficient (Wildman–Crippen LogP) is 15.8. The number of ether oxygens (including phenoxy) is 1. The number of hydrogen-bond acceptors (Lipinski definition) is 15. The molecular formula is C101H96FIN6O15S+2. The van der Waals surface area contributed by atoms with E-state index in [1.165, 1.54) is 155 Å². The molecule has 0 spiro atoms. The number of aromatic carboxylic acids is 3. The molecule has 0 aromatic heterocycles. The molecule has 9 aromatic carbocycles. The molecule has 8 aliphatic heterocycles. The van der Waals surface area contributed by atoms with Crippen LogP contribution < -0.4 is 61.5 Å². The van der Waals surface area contributed by atoms with E-state index in [2.05, 4.69) is 52.8 Å². The van der Waals surface area contributed by atoms with E-state index in [-0.39, 0.29) is 27.9 Å². The number of aryl methyl sites for hydroxylation is 6. The first-order chi connectivity index (χ1) is 60.1. The van der Waals surface area contributed by atoms with Crippen LogP contribution >= 0.6 is 21.6 Å². The maximum atomic E-state index is 12.1. The summed E-state index contributed by atoms with van der Waals surface area (Å²) < 4.78 is 74.0. The van der Waals surface area contributed by atoms with Gasteiger partial charge in [-0.25, -0.2) is 32.0 Å². The summed E-state index contributed by atoms with van der Waals surface area (Å²) in [6.07, 6.45) is 10.2. The second kappa shape index (κ2) is 35.9. The normalized spacial score (nSPS) is 13.6. The van der Waals surface area contributed by atoms with E-state index in [0.29, 0.717) is 73.2 Å². The minimum atomic E-state index is -3.92. The van der Waals surface area contributed by atoms with Gasteiger partial charge >= 0.3 is 47.9 Å². The standard InChI is InChI=1S/C32H33N2O.C25H24N2O3.C21H16N2O3.C21H14O5.CH4FI.CH4O3S/c1-20-10-12-21(13-11-20)28-26-18-22-6-2-14-33-16-4-8-24(29(22)33)31(26)35-32-25-9-5-17-34-15-3-7-23(30(25)34)19-27(28)32;1-15-6-9-18(21(12-15)25(28)29)24-19-10-7-16(26(2)3)13-22(19)30-23-14-17(27(4)5)8-11-20(23)24;2*1-11-2-5-14(17(8-11)21(24)25)20-15-6-3-12(22)9-18(15)26-19-10-13(23)4-7-16(19)20;1-3-2;1-5(2,3)4/h10-13,18-19H,2-9,14-17H2,1H3;6-14H,1-5H3;2-10,22H,23H2,1H3,(H,24,25);2-10,22H,1H3,(H,24,25);3H,1H3;1H3,(H,2,3,4)/q+1;;;;;/p+1/i;;;;3T;. The molecule has 0 atom stereocenters. The number of carbonyl (C=O) groups is 3. The fraction of sp³-hybridized carbons (Fsp3) is 0.218. The van der Waals surface area contributed by atoms with Crippen molar-refractivity contribution >= 4 is 105 Å². The van der Waals surface area contributed by atoms with Gasteiger partial charge in [-0.2, -0.15) is 0 Å². The Morgan fingerprint density at radius 2 is 1.03 bits per heavy atom. The Balaban J connectivity index is 0.000000126. The summed E-state index contributed by atoms with van der Waals surface area (Å²) in [5, 5.41) is 51.7. The van der Waals surface area contributed by atoms with E-state index >= 15 is 0 Å². The van der Waals surface area contributed by atoms with Crippen LogP contribution in [0.2, 0.25) is 0 Å². The quantitative estimate of drug-likeness (QED) is 0.0206. The summed E-state index contributed by atoms with van der Waals surface area (Å²) in [4.78, 5) is 53.5. The SMILES string of the molecule is CS(=O)(=O)[O-].Cc1ccc(-c2c3ccc(=O)cc-3oc3cc(O)ccc23)c(C(=O)O)c1.Cc1ccc(-c2c3ccc(=[N+](C)C)cc-3oc3cc(N(C)C)ccc23)c(C(=O)O)c1.Cc1ccc(-c2c3ccc(=[NH2+])cc-3oc3cc(N)ccc23)c(C(=O)O)c1.Cc1ccc(C2=c3cc4c5c(c3Oc3c2cc2c6c3CCCN6CCC2)CCC[N+]=5CCC4)cc1.[3H]I(C)F. The Morgan fingerprint density at radius 1 is 0.560 bits per heavy atom. The third-order valence-electron chi connectivity index (χ3n) is 23.2. The molecule has 0 radical (unpaired) electrons. The molecular weight excluding hydrogens is 1720 g/mol. The van der Waals surface area contributed by atoms with E-state index in [9.17, 15) is 42.5 Å². The molecule has 8 N–H and O–H groups in total. The molecule has 0 amide bonds. The number of benzene rings is 12. The Morgan fingerprint density at radius 3 is 1.59 bits per heavy atom. The van der Waals surface area contributed by atoms with E-state index < -0.39 is 49.6 Å². The fourth-order valence-electron chi connectivity index (χ4n) is 17.8. The van der Waals surface area contributed by atoms with Crippen LogP contribution in [0, 0.1) is 27.7 Å². The summed E-state index contributed by atoms with van der Waals surface area (Å²) in [6, 6.07) is 62.2. The number of carboxylic acids is 3. The summed E-state index contributed by atoms with van der Waals surface area (Å²) >= 11 is -2.51. The molecule has 125 heavy (non-hydrogen) atoms. The maximum absolute atomic E-state index is 12.1. The molecule has 11 aliphatic rings. The first kappa shape index (κ1) is 85.3. The monoisotopic (exact) mass is 1810 g/mol. The van der Waals surface area contributed by atoms with Gasteiger partial charge in [-0.15, -0.1) is 0 Å². The third-order valence-corrected chi connectivity index (χ3v) is 23.2. The molecule has 0 fully saturated rings. The number of phenols is 1. The van der Waals surface area contributed by atoms with Gasteiger partial charge in [0, 0.05) is 177 Å². The van der Waals surface area contributed by atoms with Crippen LogP contribution in [0.4, 0.5) is 19.9 Å². The average molecular weight is 1810 g/mol. The van der Waals surface area contributed by atoms with Gasteiger partial charge in [0.1, 0.15) is 78.5 Å². The Bertz CT molecular complexity index is 7090. The molecule has 0 unspecified atom stereocenters. The molecule has 0 saturated heterocycles. The molecule has 0 saturated carbocycles. The molecule has 3 aliphatic carbocycles. The number of aromatic hydroxyl groups is 1. The van der Waals surface area contributed by atoms with Crippen molar-refractivity contribution in [2.75, 3.05) is 81.1 Å². The molecule has 638 valence electrons. The van der Waals surface area contributed by atoms with Crippen LogP contribution in [0.15, 0.2) is 218 Å². The minimum absolute atomic E-state index is 0.0205. The van der Waals surface area contributed by atoms with Crippen LogP contribution in [0.5, 0.6) is 17.2 Å². The molecule has 20 rings (SSSR count). The van der Waals surface area contributed by atoms with Crippen molar-refractivity contribution in [2.45, 2.75) is 79.1 Å². The Hall–Kier alpha value is -13.3. The number of nitrogen functional groups attached to an aromatic ring is 1. The number of nitrogens with two attached hydrogens (primary N) is 2. The van der Waals surface area contributed by atoms with Gasteiger partial charge < -0.3 is 58.5 Å². The van der Waals surface area contributed by atoms with Gasteiger partial charge in [0.25, 0.3) is 0 Å². The summed E-state index contributed by atoms with van der Waals surface area (Å²) in [5.74, 6) is 1.01. The van der Waals surface area contributed by atoms with Crippen molar-refractivity contribution in [3.8, 4) is 84.6 Å². The van der Waals surface area contributed by atoms with E-state index in [1.54, 1.807) is 60.7 Å². The average Bonchev–Trinajstić information content (AvgIpc) is 0.713. The van der Waals surface area contributed by atoms with Gasteiger partial charge in [-0.1, -0.05) is 82.9 Å². The number of phenolic OH excluding ortho intramolecular Hbond substituents is 1. The van der Waals surface area contributed by atoms with Gasteiger partial charge in [-0.05, 0) is 185 Å². The van der Waals surface area contributed by atoms with Crippen LogP contribution in [0.3, 0.4) is 0 Å². The summed E-state index contributed by atoms with van der Waals surface area (Å²) in [5.41, 5.74) is 31.6. The third kappa shape index (κ3) is 18.0. The topological polar surface area (TPSA) is 319 Å². The van der Waals surface area contributed by atoms with Gasteiger partial charge in [0.05, 0.1) is 44.5 Å². The van der Waals surface area contributed by atoms with Crippen LogP contribution in [-0.4, -0.2) is 117 Å². The number of alkyl halides is 1. The van der Waals surface area contributed by atoms with E-state index in [0.717, 1.165) is 96.4 Å². The second-order valence-electron chi connectivity index (χ2n) is 32.6. The predicted molar refractivity (Wildman–Crippen MR) is 498 cm³/mol. The zero-order chi connectivity index (χ0) is 89.6. The summed E-state index contributed by atoms with van der Waals surface area (Å²) in [6.45, 7) is 12.6. The number of fused-ring (bicyclic) bond motifs is 10. The first-order valence-corrected chi connectivity index (χ1v) is 45.9.